The Morgan fingerprint density at radius 2 is 1.79 bits per heavy atom. The van der Waals surface area contributed by atoms with E-state index in [-0.39, 0.29) is 11.9 Å². The summed E-state index contributed by atoms with van der Waals surface area (Å²) >= 11 is 0. The Bertz CT molecular complexity index is 1710. The Kier molecular flexibility index (Phi) is 7.09. The fourth-order valence-corrected chi connectivity index (χ4v) is 4.21. The van der Waals surface area contributed by atoms with E-state index in [1.807, 2.05) is 67.6 Å². The fraction of sp³-hybridized carbons (Fsp3) is 0.0645. The number of hydrogen-bond acceptors (Lipinski definition) is 7. The van der Waals surface area contributed by atoms with Crippen molar-refractivity contribution in [1.82, 2.24) is 15.0 Å². The van der Waals surface area contributed by atoms with Crippen LogP contribution in [0.15, 0.2) is 97.3 Å². The first-order valence-electron chi connectivity index (χ1n) is 12.3. The number of fused-ring (bicyclic) bond motifs is 1. The monoisotopic (exact) mass is 514 g/mol. The number of nitrogen functional groups attached to an aromatic ring is 1. The molecule has 192 valence electrons. The van der Waals surface area contributed by atoms with E-state index in [0.29, 0.717) is 23.5 Å². The zero-order valence-corrected chi connectivity index (χ0v) is 21.3. The number of pyridine rings is 1. The van der Waals surface area contributed by atoms with Crippen LogP contribution in [-0.2, 0) is 4.79 Å². The normalized spacial score (nSPS) is 10.7. The minimum atomic E-state index is -0.232. The van der Waals surface area contributed by atoms with Gasteiger partial charge in [-0.05, 0) is 77.7 Å². The van der Waals surface area contributed by atoms with Gasteiger partial charge in [0, 0.05) is 46.7 Å². The Labute approximate surface area is 225 Å². The highest BCUT2D eigenvalue weighted by Gasteiger charge is 2.13. The Morgan fingerprint density at radius 1 is 0.974 bits per heavy atom. The number of aldehydes is 1. The number of nitrogens with zero attached hydrogens (tertiary/aromatic N) is 3. The largest absolute Gasteiger partial charge is 0.381 e. The lowest BCUT2D eigenvalue weighted by Crippen LogP contribution is -2.12. The number of hydrogen-bond donors (Lipinski definition) is 3. The molecule has 0 aliphatic rings. The van der Waals surface area contributed by atoms with Crippen molar-refractivity contribution < 1.29 is 9.59 Å². The molecule has 39 heavy (non-hydrogen) atoms. The van der Waals surface area contributed by atoms with Crippen molar-refractivity contribution in [2.24, 2.45) is 0 Å². The van der Waals surface area contributed by atoms with Gasteiger partial charge >= 0.3 is 0 Å². The zero-order valence-electron chi connectivity index (χ0n) is 21.3. The van der Waals surface area contributed by atoms with Gasteiger partial charge < -0.3 is 16.4 Å². The predicted molar refractivity (Wildman–Crippen MR) is 155 cm³/mol. The molecule has 1 amide bonds. The van der Waals surface area contributed by atoms with E-state index in [1.54, 1.807) is 24.5 Å². The minimum absolute atomic E-state index is 0.187. The summed E-state index contributed by atoms with van der Waals surface area (Å²) in [5.41, 5.74) is 13.2. The van der Waals surface area contributed by atoms with Crippen LogP contribution in [0.2, 0.25) is 0 Å². The summed E-state index contributed by atoms with van der Waals surface area (Å²) in [7, 11) is 0. The topological polar surface area (TPSA) is 123 Å². The molecular weight excluding hydrogens is 488 g/mol. The van der Waals surface area contributed by atoms with Gasteiger partial charge in [-0.3, -0.25) is 9.59 Å². The van der Waals surface area contributed by atoms with Crippen LogP contribution in [0.3, 0.4) is 0 Å². The molecule has 5 rings (SSSR count). The third-order valence-corrected chi connectivity index (χ3v) is 6.20. The van der Waals surface area contributed by atoms with Crippen molar-refractivity contribution in [2.45, 2.75) is 6.92 Å². The number of carbonyl (C=O) groups is 2. The van der Waals surface area contributed by atoms with Crippen LogP contribution in [-0.4, -0.2) is 33.7 Å². The van der Waals surface area contributed by atoms with Crippen LogP contribution in [0.4, 0.5) is 17.5 Å². The molecule has 0 fully saturated rings. The van der Waals surface area contributed by atoms with Crippen LogP contribution in [0, 0.1) is 6.92 Å². The molecule has 0 aliphatic carbocycles. The quantitative estimate of drug-likeness (QED) is 0.180. The van der Waals surface area contributed by atoms with E-state index < -0.39 is 0 Å². The maximum atomic E-state index is 12.8. The minimum Gasteiger partial charge on any atom is -0.381 e. The number of amides is 1. The number of nitrogens with one attached hydrogen (secondary N) is 2. The first kappa shape index (κ1) is 25.3. The van der Waals surface area contributed by atoms with Crippen molar-refractivity contribution in [3.63, 3.8) is 0 Å². The predicted octanol–water partition coefficient (Wildman–Crippen LogP) is 5.67. The zero-order chi connectivity index (χ0) is 27.4. The molecule has 0 spiro atoms. The van der Waals surface area contributed by atoms with Gasteiger partial charge in [0.15, 0.2) is 0 Å². The van der Waals surface area contributed by atoms with E-state index in [4.69, 9.17) is 5.73 Å². The molecule has 2 heterocycles. The van der Waals surface area contributed by atoms with Crippen LogP contribution in [0.1, 0.15) is 15.9 Å². The van der Waals surface area contributed by atoms with Crippen LogP contribution in [0.5, 0.6) is 0 Å². The summed E-state index contributed by atoms with van der Waals surface area (Å²) in [5, 5.41) is 6.88. The van der Waals surface area contributed by atoms with Gasteiger partial charge in [-0.1, -0.05) is 30.8 Å². The summed E-state index contributed by atoms with van der Waals surface area (Å²) in [6, 6.07) is 23.0. The molecule has 0 atom stereocenters. The summed E-state index contributed by atoms with van der Waals surface area (Å²) in [4.78, 5) is 36.6. The molecule has 2 aromatic heterocycles. The second-order valence-electron chi connectivity index (χ2n) is 9.15. The van der Waals surface area contributed by atoms with Crippen molar-refractivity contribution in [3.05, 3.63) is 108 Å². The van der Waals surface area contributed by atoms with Gasteiger partial charge in [0.05, 0.1) is 5.52 Å². The number of benzene rings is 3. The SMILES string of the molecule is C=C(C=O)CNc1cccc(-c2cc(-c3ccc(C(=O)Nc4cc(C)ccn4)cc3)cc3cnc(N)nc23)c1. The van der Waals surface area contributed by atoms with E-state index in [9.17, 15) is 9.59 Å². The van der Waals surface area contributed by atoms with E-state index in [1.165, 1.54) is 0 Å². The first-order chi connectivity index (χ1) is 18.9. The summed E-state index contributed by atoms with van der Waals surface area (Å²) in [6.07, 6.45) is 4.11. The number of aromatic nitrogens is 3. The molecule has 0 bridgehead atoms. The summed E-state index contributed by atoms with van der Waals surface area (Å²) < 4.78 is 0. The second-order valence-corrected chi connectivity index (χ2v) is 9.15. The molecule has 0 aliphatic heterocycles. The summed E-state index contributed by atoms with van der Waals surface area (Å²) in [5.74, 6) is 0.463. The maximum absolute atomic E-state index is 12.8. The van der Waals surface area contributed by atoms with Crippen molar-refractivity contribution in [3.8, 4) is 22.3 Å². The molecule has 3 aromatic carbocycles. The van der Waals surface area contributed by atoms with E-state index in [0.717, 1.165) is 50.7 Å². The Morgan fingerprint density at radius 3 is 2.56 bits per heavy atom. The lowest BCUT2D eigenvalue weighted by atomic mass is 9.95. The fourth-order valence-electron chi connectivity index (χ4n) is 4.21. The van der Waals surface area contributed by atoms with Gasteiger partial charge in [-0.2, -0.15) is 0 Å². The second kappa shape index (κ2) is 10.9. The van der Waals surface area contributed by atoms with Crippen LogP contribution >= 0.6 is 0 Å². The molecule has 5 aromatic rings. The molecule has 0 saturated heterocycles. The third-order valence-electron chi connectivity index (χ3n) is 6.20. The smallest absolute Gasteiger partial charge is 0.256 e. The number of anilines is 3. The molecule has 4 N–H and O–H groups in total. The number of carbonyl (C=O) groups excluding carboxylic acids is 2. The summed E-state index contributed by atoms with van der Waals surface area (Å²) in [6.45, 7) is 6.01. The van der Waals surface area contributed by atoms with E-state index in [2.05, 4.69) is 32.2 Å². The number of aryl methyl sites for hydroxylation is 1. The Balaban J connectivity index is 1.49. The molecule has 0 saturated carbocycles. The van der Waals surface area contributed by atoms with Crippen LogP contribution in [0.25, 0.3) is 33.2 Å². The van der Waals surface area contributed by atoms with Crippen molar-refractivity contribution >= 4 is 40.5 Å². The average molecular weight is 515 g/mol. The van der Waals surface area contributed by atoms with Crippen molar-refractivity contribution in [1.29, 1.82) is 0 Å². The average Bonchev–Trinajstić information content (AvgIpc) is 2.95. The van der Waals surface area contributed by atoms with Crippen molar-refractivity contribution in [2.75, 3.05) is 22.9 Å². The van der Waals surface area contributed by atoms with Gasteiger partial charge in [-0.15, -0.1) is 0 Å². The number of nitrogens with two attached hydrogens (primary N) is 1. The molecule has 0 radical (unpaired) electrons. The van der Waals surface area contributed by atoms with Crippen LogP contribution < -0.4 is 16.4 Å². The standard InChI is InChI=1S/C31H26N6O2/c1-19-10-11-33-28(12-19)36-30(39)22-8-6-21(7-9-22)24-13-25-17-35-31(32)37-29(25)27(15-24)23-4-3-5-26(14-23)34-16-20(2)18-38/h3-15,17-18,34H,2,16H2,1H3,(H2,32,35,37)(H,33,36,39). The lowest BCUT2D eigenvalue weighted by Gasteiger charge is -2.13. The first-order valence-corrected chi connectivity index (χ1v) is 12.3. The van der Waals surface area contributed by atoms with Gasteiger partial charge in [0.2, 0.25) is 5.95 Å². The van der Waals surface area contributed by atoms with Gasteiger partial charge in [0.25, 0.3) is 5.91 Å². The molecule has 0 unspecified atom stereocenters. The molecular formula is C31H26N6O2. The highest BCUT2D eigenvalue weighted by molar-refractivity contribution is 6.04. The lowest BCUT2D eigenvalue weighted by molar-refractivity contribution is -0.104. The van der Waals surface area contributed by atoms with Gasteiger partial charge in [0.1, 0.15) is 12.1 Å². The molecule has 8 nitrogen and oxygen atoms in total. The molecule has 8 heteroatoms. The highest BCUT2D eigenvalue weighted by Crippen LogP contribution is 2.34. The highest BCUT2D eigenvalue weighted by atomic mass is 16.1. The third kappa shape index (κ3) is 5.80. The van der Waals surface area contributed by atoms with E-state index >= 15 is 0 Å². The maximum Gasteiger partial charge on any atom is 0.256 e. The van der Waals surface area contributed by atoms with Gasteiger partial charge in [-0.25, -0.2) is 15.0 Å². The Hall–Kier alpha value is -5.37. The number of rotatable bonds is 8.